The van der Waals surface area contributed by atoms with E-state index < -0.39 is 0 Å². The van der Waals surface area contributed by atoms with Gasteiger partial charge in [0, 0.05) is 19.3 Å². The molecule has 0 aromatic heterocycles. The van der Waals surface area contributed by atoms with Gasteiger partial charge in [0.25, 0.3) is 0 Å². The molecule has 0 rings (SSSR count). The summed E-state index contributed by atoms with van der Waals surface area (Å²) in [7, 11) is 0. The molecular formula is C10H23NO2. The second kappa shape index (κ2) is 9.96. The summed E-state index contributed by atoms with van der Waals surface area (Å²) in [6.07, 6.45) is 3.16. The van der Waals surface area contributed by atoms with Crippen LogP contribution in [0.1, 0.15) is 33.1 Å². The number of hydrogen-bond donors (Lipinski definition) is 2. The molecule has 0 aliphatic heterocycles. The average molecular weight is 189 g/mol. The number of aliphatic hydroxyl groups is 1. The molecule has 13 heavy (non-hydrogen) atoms. The van der Waals surface area contributed by atoms with E-state index in [-0.39, 0.29) is 0 Å². The van der Waals surface area contributed by atoms with Gasteiger partial charge in [0.1, 0.15) is 0 Å². The predicted molar refractivity (Wildman–Crippen MR) is 54.9 cm³/mol. The van der Waals surface area contributed by atoms with Crippen LogP contribution in [0.3, 0.4) is 0 Å². The summed E-state index contributed by atoms with van der Waals surface area (Å²) < 4.78 is 5.27. The Morgan fingerprint density at radius 1 is 1.31 bits per heavy atom. The van der Waals surface area contributed by atoms with E-state index in [4.69, 9.17) is 9.84 Å². The first-order chi connectivity index (χ1) is 6.31. The highest BCUT2D eigenvalue weighted by Crippen LogP contribution is 1.93. The van der Waals surface area contributed by atoms with Gasteiger partial charge in [-0.2, -0.15) is 0 Å². The van der Waals surface area contributed by atoms with Gasteiger partial charge >= 0.3 is 0 Å². The van der Waals surface area contributed by atoms with E-state index in [1.54, 1.807) is 0 Å². The minimum Gasteiger partial charge on any atom is -0.396 e. The lowest BCUT2D eigenvalue weighted by Crippen LogP contribution is -2.31. The number of ether oxygens (including phenoxy) is 1. The van der Waals surface area contributed by atoms with Crippen molar-refractivity contribution in [3.8, 4) is 0 Å². The van der Waals surface area contributed by atoms with Gasteiger partial charge in [-0.25, -0.2) is 0 Å². The minimum atomic E-state index is 0.314. The van der Waals surface area contributed by atoms with Crippen LogP contribution in [-0.2, 0) is 4.74 Å². The first-order valence-corrected chi connectivity index (χ1v) is 5.23. The Morgan fingerprint density at radius 2 is 2.08 bits per heavy atom. The van der Waals surface area contributed by atoms with Crippen molar-refractivity contribution in [2.75, 3.05) is 26.4 Å². The fraction of sp³-hybridized carbons (Fsp3) is 1.00. The molecule has 0 fully saturated rings. The average Bonchev–Trinajstić information content (AvgIpc) is 2.14. The lowest BCUT2D eigenvalue weighted by Gasteiger charge is -2.12. The van der Waals surface area contributed by atoms with Crippen molar-refractivity contribution in [2.45, 2.75) is 39.2 Å². The lowest BCUT2D eigenvalue weighted by atomic mass is 10.2. The van der Waals surface area contributed by atoms with Crippen LogP contribution < -0.4 is 5.32 Å². The van der Waals surface area contributed by atoms with Crippen molar-refractivity contribution in [1.82, 2.24) is 5.32 Å². The van der Waals surface area contributed by atoms with Crippen LogP contribution in [0.25, 0.3) is 0 Å². The summed E-state index contributed by atoms with van der Waals surface area (Å²) in [5.41, 5.74) is 0. The number of rotatable bonds is 9. The molecule has 0 radical (unpaired) electrons. The van der Waals surface area contributed by atoms with Crippen molar-refractivity contribution >= 4 is 0 Å². The van der Waals surface area contributed by atoms with E-state index >= 15 is 0 Å². The van der Waals surface area contributed by atoms with Gasteiger partial charge in [0.05, 0.1) is 6.61 Å². The van der Waals surface area contributed by atoms with Crippen LogP contribution >= 0.6 is 0 Å². The van der Waals surface area contributed by atoms with E-state index in [9.17, 15) is 0 Å². The normalized spacial score (nSPS) is 13.2. The molecule has 0 bridgehead atoms. The summed E-state index contributed by atoms with van der Waals surface area (Å²) >= 11 is 0. The van der Waals surface area contributed by atoms with Gasteiger partial charge < -0.3 is 15.2 Å². The van der Waals surface area contributed by atoms with Crippen LogP contribution in [0.15, 0.2) is 0 Å². The lowest BCUT2D eigenvalue weighted by molar-refractivity contribution is 0.127. The van der Waals surface area contributed by atoms with Crippen molar-refractivity contribution < 1.29 is 9.84 Å². The largest absolute Gasteiger partial charge is 0.396 e. The van der Waals surface area contributed by atoms with Crippen molar-refractivity contribution in [3.63, 3.8) is 0 Å². The third kappa shape index (κ3) is 9.80. The van der Waals surface area contributed by atoms with Crippen LogP contribution in [0, 0.1) is 0 Å². The monoisotopic (exact) mass is 189 g/mol. The molecule has 3 nitrogen and oxygen atoms in total. The highest BCUT2D eigenvalue weighted by molar-refractivity contribution is 4.58. The molecule has 1 atom stereocenters. The van der Waals surface area contributed by atoms with Gasteiger partial charge in [-0.1, -0.05) is 0 Å². The molecule has 0 aromatic rings. The maximum atomic E-state index is 8.55. The Balaban J connectivity index is 3.03. The molecule has 0 aromatic carbocycles. The zero-order chi connectivity index (χ0) is 9.94. The summed E-state index contributed by atoms with van der Waals surface area (Å²) in [5.74, 6) is 0. The number of unbranched alkanes of at least 4 members (excludes halogenated alkanes) is 2. The van der Waals surface area contributed by atoms with Crippen molar-refractivity contribution in [2.24, 2.45) is 0 Å². The highest BCUT2D eigenvalue weighted by Gasteiger charge is 1.98. The molecule has 0 saturated carbocycles. The summed E-state index contributed by atoms with van der Waals surface area (Å²) in [5, 5.41) is 11.9. The summed E-state index contributed by atoms with van der Waals surface area (Å²) in [4.78, 5) is 0. The van der Waals surface area contributed by atoms with E-state index in [1.165, 1.54) is 0 Å². The molecule has 3 heteroatoms. The molecule has 80 valence electrons. The van der Waals surface area contributed by atoms with Crippen molar-refractivity contribution in [3.05, 3.63) is 0 Å². The minimum absolute atomic E-state index is 0.314. The van der Waals surface area contributed by atoms with E-state index in [1.807, 2.05) is 6.92 Å². The molecule has 0 aliphatic carbocycles. The second-order valence-corrected chi connectivity index (χ2v) is 3.30. The maximum Gasteiger partial charge on any atom is 0.0616 e. The van der Waals surface area contributed by atoms with Crippen LogP contribution in [0.2, 0.25) is 0 Å². The van der Waals surface area contributed by atoms with Crippen molar-refractivity contribution in [1.29, 1.82) is 0 Å². The smallest absolute Gasteiger partial charge is 0.0616 e. The highest BCUT2D eigenvalue weighted by atomic mass is 16.5. The van der Waals surface area contributed by atoms with Gasteiger partial charge in [0.2, 0.25) is 0 Å². The summed E-state index contributed by atoms with van der Waals surface area (Å²) in [6.45, 7) is 7.05. The molecule has 1 unspecified atom stereocenters. The maximum absolute atomic E-state index is 8.55. The van der Waals surface area contributed by atoms with Crippen LogP contribution in [0.4, 0.5) is 0 Å². The topological polar surface area (TPSA) is 41.5 Å². The third-order valence-corrected chi connectivity index (χ3v) is 1.90. The molecule has 0 spiro atoms. The zero-order valence-corrected chi connectivity index (χ0v) is 8.88. The first-order valence-electron chi connectivity index (χ1n) is 5.23. The number of aliphatic hydroxyl groups excluding tert-OH is 1. The number of hydrogen-bond acceptors (Lipinski definition) is 3. The molecule has 0 heterocycles. The molecule has 2 N–H and O–H groups in total. The van der Waals surface area contributed by atoms with Crippen LogP contribution in [0.5, 0.6) is 0 Å². The van der Waals surface area contributed by atoms with E-state index in [0.717, 1.165) is 39.0 Å². The third-order valence-electron chi connectivity index (χ3n) is 1.90. The van der Waals surface area contributed by atoms with Gasteiger partial charge in [-0.15, -0.1) is 0 Å². The van der Waals surface area contributed by atoms with Gasteiger partial charge in [-0.05, 0) is 39.7 Å². The predicted octanol–water partition coefficient (Wildman–Crippen LogP) is 1.16. The standard InChI is InChI=1S/C10H23NO2/c1-3-13-9-10(2)11-7-5-4-6-8-12/h10-12H,3-9H2,1-2H3. The van der Waals surface area contributed by atoms with Gasteiger partial charge in [-0.3, -0.25) is 0 Å². The Hall–Kier alpha value is -0.120. The Bertz CT molecular complexity index is 98.9. The zero-order valence-electron chi connectivity index (χ0n) is 8.88. The second-order valence-electron chi connectivity index (χ2n) is 3.30. The fourth-order valence-electron chi connectivity index (χ4n) is 1.12. The Kier molecular flexibility index (Phi) is 9.87. The quantitative estimate of drug-likeness (QED) is 0.535. The summed E-state index contributed by atoms with van der Waals surface area (Å²) in [6, 6.07) is 0.439. The SMILES string of the molecule is CCOCC(C)NCCCCCO. The van der Waals surface area contributed by atoms with Crippen LogP contribution in [-0.4, -0.2) is 37.5 Å². The van der Waals surface area contributed by atoms with E-state index in [2.05, 4.69) is 12.2 Å². The molecule has 0 amide bonds. The number of nitrogens with one attached hydrogen (secondary N) is 1. The Labute approximate surface area is 81.5 Å². The first kappa shape index (κ1) is 12.9. The molecular weight excluding hydrogens is 166 g/mol. The molecule has 0 saturated heterocycles. The fourth-order valence-corrected chi connectivity index (χ4v) is 1.12. The Morgan fingerprint density at radius 3 is 2.69 bits per heavy atom. The van der Waals surface area contributed by atoms with Gasteiger partial charge in [0.15, 0.2) is 0 Å². The van der Waals surface area contributed by atoms with E-state index in [0.29, 0.717) is 12.6 Å². The molecule has 0 aliphatic rings.